The van der Waals surface area contributed by atoms with E-state index in [0.29, 0.717) is 23.7 Å². The number of carbonyl (C=O) groups excluding carboxylic acids is 1. The third kappa shape index (κ3) is 1.88. The first-order valence-corrected chi connectivity index (χ1v) is 5.27. The largest absolute Gasteiger partial charge is 0.481 e. The van der Waals surface area contributed by atoms with Gasteiger partial charge in [0.1, 0.15) is 5.92 Å². The second kappa shape index (κ2) is 4.14. The summed E-state index contributed by atoms with van der Waals surface area (Å²) in [6.07, 6.45) is 0.358. The Bertz CT molecular complexity index is 429. The van der Waals surface area contributed by atoms with Gasteiger partial charge < -0.3 is 10.0 Å². The minimum atomic E-state index is -1.05. The summed E-state index contributed by atoms with van der Waals surface area (Å²) in [5.74, 6) is -2.31. The number of carboxylic acids is 1. The zero-order chi connectivity index (χ0) is 11.7. The number of hydrogen-bond donors (Lipinski definition) is 1. The van der Waals surface area contributed by atoms with E-state index in [2.05, 4.69) is 0 Å². The van der Waals surface area contributed by atoms with Crippen LogP contribution in [0.15, 0.2) is 24.3 Å². The number of anilines is 1. The second-order valence-electron chi connectivity index (χ2n) is 3.65. The quantitative estimate of drug-likeness (QED) is 0.801. The van der Waals surface area contributed by atoms with Gasteiger partial charge in [-0.25, -0.2) is 0 Å². The molecule has 2 rings (SSSR count). The molecule has 5 heteroatoms. The maximum atomic E-state index is 11.7. The van der Waals surface area contributed by atoms with E-state index in [0.717, 1.165) is 0 Å². The van der Waals surface area contributed by atoms with Crippen molar-refractivity contribution in [2.45, 2.75) is 6.42 Å². The van der Waals surface area contributed by atoms with Gasteiger partial charge in [-0.1, -0.05) is 11.6 Å². The lowest BCUT2D eigenvalue weighted by molar-refractivity contribution is -0.144. The van der Waals surface area contributed by atoms with Crippen molar-refractivity contribution in [3.63, 3.8) is 0 Å². The average Bonchev–Trinajstić information content (AvgIpc) is 2.61. The van der Waals surface area contributed by atoms with Crippen LogP contribution in [0.3, 0.4) is 0 Å². The number of amides is 1. The van der Waals surface area contributed by atoms with E-state index in [1.165, 1.54) is 4.90 Å². The lowest BCUT2D eigenvalue weighted by Gasteiger charge is -2.15. The molecule has 0 aromatic heterocycles. The van der Waals surface area contributed by atoms with E-state index in [-0.39, 0.29) is 5.91 Å². The Labute approximate surface area is 97.4 Å². The Morgan fingerprint density at radius 1 is 1.38 bits per heavy atom. The number of nitrogens with zero attached hydrogens (tertiary/aromatic N) is 1. The summed E-state index contributed by atoms with van der Waals surface area (Å²) in [4.78, 5) is 24.0. The number of carboxylic acid groups (broad SMARTS) is 1. The molecule has 1 heterocycles. The SMILES string of the molecule is O=C(O)[C@@H]1CCN(c2ccc(Cl)cc2)C1=O. The molecule has 0 bridgehead atoms. The van der Waals surface area contributed by atoms with E-state index in [1.807, 2.05) is 0 Å². The van der Waals surface area contributed by atoms with E-state index < -0.39 is 11.9 Å². The average molecular weight is 240 g/mol. The maximum Gasteiger partial charge on any atom is 0.316 e. The number of benzene rings is 1. The Morgan fingerprint density at radius 2 is 2.00 bits per heavy atom. The molecule has 1 amide bonds. The Morgan fingerprint density at radius 3 is 2.50 bits per heavy atom. The summed E-state index contributed by atoms with van der Waals surface area (Å²) < 4.78 is 0. The third-order valence-electron chi connectivity index (χ3n) is 2.64. The van der Waals surface area contributed by atoms with Crippen molar-refractivity contribution in [3.8, 4) is 0 Å². The lowest BCUT2D eigenvalue weighted by atomic mass is 10.1. The highest BCUT2D eigenvalue weighted by Crippen LogP contribution is 2.26. The minimum Gasteiger partial charge on any atom is -0.481 e. The molecule has 0 unspecified atom stereocenters. The van der Waals surface area contributed by atoms with Gasteiger partial charge in [0.15, 0.2) is 0 Å². The summed E-state index contributed by atoms with van der Waals surface area (Å²) in [6.45, 7) is 0.442. The van der Waals surface area contributed by atoms with Gasteiger partial charge in [0.2, 0.25) is 5.91 Å². The van der Waals surface area contributed by atoms with Crippen molar-refractivity contribution in [3.05, 3.63) is 29.3 Å². The van der Waals surface area contributed by atoms with Gasteiger partial charge in [0, 0.05) is 17.3 Å². The highest BCUT2D eigenvalue weighted by atomic mass is 35.5. The zero-order valence-electron chi connectivity index (χ0n) is 8.39. The topological polar surface area (TPSA) is 57.6 Å². The van der Waals surface area contributed by atoms with Gasteiger partial charge in [0.05, 0.1) is 0 Å². The summed E-state index contributed by atoms with van der Waals surface area (Å²) in [5.41, 5.74) is 0.693. The van der Waals surface area contributed by atoms with Gasteiger partial charge in [-0.05, 0) is 30.7 Å². The normalized spacial score (nSPS) is 20.2. The molecule has 84 valence electrons. The van der Waals surface area contributed by atoms with Crippen LogP contribution in [0.1, 0.15) is 6.42 Å². The van der Waals surface area contributed by atoms with E-state index in [4.69, 9.17) is 16.7 Å². The molecular weight excluding hydrogens is 230 g/mol. The van der Waals surface area contributed by atoms with Gasteiger partial charge in [-0.2, -0.15) is 0 Å². The van der Waals surface area contributed by atoms with Crippen molar-refractivity contribution in [2.24, 2.45) is 5.92 Å². The molecule has 1 N–H and O–H groups in total. The first-order chi connectivity index (χ1) is 7.59. The molecule has 0 saturated carbocycles. The van der Waals surface area contributed by atoms with Gasteiger partial charge in [0.25, 0.3) is 0 Å². The van der Waals surface area contributed by atoms with Gasteiger partial charge >= 0.3 is 5.97 Å². The zero-order valence-corrected chi connectivity index (χ0v) is 9.15. The summed E-state index contributed by atoms with van der Waals surface area (Å²) in [6, 6.07) is 6.78. The van der Waals surface area contributed by atoms with Crippen molar-refractivity contribution < 1.29 is 14.7 Å². The molecule has 0 aliphatic carbocycles. The summed E-state index contributed by atoms with van der Waals surface area (Å²) in [7, 11) is 0. The fourth-order valence-corrected chi connectivity index (χ4v) is 1.91. The molecule has 1 saturated heterocycles. The molecule has 1 fully saturated rings. The van der Waals surface area contributed by atoms with Crippen LogP contribution in [0.2, 0.25) is 5.02 Å². The van der Waals surface area contributed by atoms with Crippen LogP contribution >= 0.6 is 11.6 Å². The predicted molar refractivity (Wildman–Crippen MR) is 59.5 cm³/mol. The van der Waals surface area contributed by atoms with Crippen molar-refractivity contribution in [2.75, 3.05) is 11.4 Å². The number of hydrogen-bond acceptors (Lipinski definition) is 2. The van der Waals surface area contributed by atoms with E-state index in [1.54, 1.807) is 24.3 Å². The van der Waals surface area contributed by atoms with Crippen molar-refractivity contribution in [1.82, 2.24) is 0 Å². The second-order valence-corrected chi connectivity index (χ2v) is 4.08. The summed E-state index contributed by atoms with van der Waals surface area (Å²) >= 11 is 5.74. The van der Waals surface area contributed by atoms with Crippen molar-refractivity contribution >= 4 is 29.2 Å². The fourth-order valence-electron chi connectivity index (χ4n) is 1.79. The Hall–Kier alpha value is -1.55. The summed E-state index contributed by atoms with van der Waals surface area (Å²) in [5, 5.41) is 9.41. The molecule has 1 aromatic rings. The first-order valence-electron chi connectivity index (χ1n) is 4.89. The molecule has 4 nitrogen and oxygen atoms in total. The number of halogens is 1. The van der Waals surface area contributed by atoms with E-state index in [9.17, 15) is 9.59 Å². The molecule has 16 heavy (non-hydrogen) atoms. The Balaban J connectivity index is 2.21. The molecule has 1 aliphatic heterocycles. The van der Waals surface area contributed by atoms with Crippen LogP contribution in [0.5, 0.6) is 0 Å². The van der Waals surface area contributed by atoms with Crippen molar-refractivity contribution in [1.29, 1.82) is 0 Å². The minimum absolute atomic E-state index is 0.352. The van der Waals surface area contributed by atoms with Crippen LogP contribution < -0.4 is 4.90 Å². The third-order valence-corrected chi connectivity index (χ3v) is 2.89. The van der Waals surface area contributed by atoms with Gasteiger partial charge in [-0.3, -0.25) is 9.59 Å². The van der Waals surface area contributed by atoms with Crippen LogP contribution in [-0.2, 0) is 9.59 Å². The molecule has 0 spiro atoms. The number of carbonyl (C=O) groups is 2. The van der Waals surface area contributed by atoms with Crippen LogP contribution in [-0.4, -0.2) is 23.5 Å². The highest BCUT2D eigenvalue weighted by Gasteiger charge is 2.37. The lowest BCUT2D eigenvalue weighted by Crippen LogP contribution is -2.29. The van der Waals surface area contributed by atoms with Gasteiger partial charge in [-0.15, -0.1) is 0 Å². The molecule has 0 radical (unpaired) electrons. The predicted octanol–water partition coefficient (Wildman–Crippen LogP) is 1.78. The number of rotatable bonds is 2. The van der Waals surface area contributed by atoms with Crippen LogP contribution in [0, 0.1) is 5.92 Å². The monoisotopic (exact) mass is 239 g/mol. The Kier molecular flexibility index (Phi) is 2.83. The van der Waals surface area contributed by atoms with Crippen LogP contribution in [0.4, 0.5) is 5.69 Å². The van der Waals surface area contributed by atoms with Crippen LogP contribution in [0.25, 0.3) is 0 Å². The fraction of sp³-hybridized carbons (Fsp3) is 0.273. The van der Waals surface area contributed by atoms with E-state index >= 15 is 0 Å². The first kappa shape index (κ1) is 11.0. The standard InChI is InChI=1S/C11H10ClNO3/c12-7-1-3-8(4-2-7)13-6-5-9(10(13)14)11(15)16/h1-4,9H,5-6H2,(H,15,16)/t9-/m1/s1. The molecule has 1 atom stereocenters. The molecular formula is C11H10ClNO3. The molecule has 1 aliphatic rings. The molecule has 1 aromatic carbocycles. The highest BCUT2D eigenvalue weighted by molar-refractivity contribution is 6.30. The number of aliphatic carboxylic acids is 1. The smallest absolute Gasteiger partial charge is 0.316 e. The maximum absolute atomic E-state index is 11.7.